The van der Waals surface area contributed by atoms with Gasteiger partial charge in [-0.05, 0) is 40.4 Å². The number of thiophene rings is 2. The van der Waals surface area contributed by atoms with Crippen LogP contribution in [0.2, 0.25) is 5.02 Å². The van der Waals surface area contributed by atoms with Gasteiger partial charge in [-0.3, -0.25) is 4.79 Å². The summed E-state index contributed by atoms with van der Waals surface area (Å²) in [7, 11) is 0. The van der Waals surface area contributed by atoms with E-state index in [0.717, 1.165) is 0 Å². The van der Waals surface area contributed by atoms with E-state index in [-0.39, 0.29) is 17.1 Å². The van der Waals surface area contributed by atoms with E-state index in [1.807, 2.05) is 22.2 Å². The largest absolute Gasteiger partial charge is 0.378 e. The standard InChI is InChI=1S/C17H13ClFNO2S2/c18-12-3-1-4-13(19)15(12)16(21)20-10-17(22,11-6-8-23-9-11)14-5-2-7-24-14/h1-9,22H,10H2,(H,20,21)/t17-/m1/s1. The highest BCUT2D eigenvalue weighted by Crippen LogP contribution is 2.33. The van der Waals surface area contributed by atoms with Gasteiger partial charge in [-0.15, -0.1) is 11.3 Å². The Balaban J connectivity index is 1.86. The topological polar surface area (TPSA) is 49.3 Å². The third-order valence-corrected chi connectivity index (χ3v) is 5.64. The number of carbonyl (C=O) groups excluding carboxylic acids is 1. The van der Waals surface area contributed by atoms with E-state index in [4.69, 9.17) is 11.6 Å². The van der Waals surface area contributed by atoms with Crippen molar-refractivity contribution in [3.8, 4) is 0 Å². The van der Waals surface area contributed by atoms with Gasteiger partial charge in [0, 0.05) is 10.4 Å². The minimum Gasteiger partial charge on any atom is -0.378 e. The van der Waals surface area contributed by atoms with Crippen LogP contribution in [-0.2, 0) is 5.60 Å². The second kappa shape index (κ2) is 7.03. The summed E-state index contributed by atoms with van der Waals surface area (Å²) in [6.07, 6.45) is 0. The molecule has 0 aliphatic carbocycles. The fourth-order valence-electron chi connectivity index (χ4n) is 2.36. The molecule has 124 valence electrons. The quantitative estimate of drug-likeness (QED) is 0.693. The molecule has 3 aromatic rings. The first-order valence-corrected chi connectivity index (χ1v) is 9.23. The maximum atomic E-state index is 13.9. The van der Waals surface area contributed by atoms with Crippen molar-refractivity contribution in [1.82, 2.24) is 5.32 Å². The lowest BCUT2D eigenvalue weighted by molar-refractivity contribution is 0.0718. The third-order valence-electron chi connectivity index (χ3n) is 3.62. The van der Waals surface area contributed by atoms with Crippen LogP contribution in [-0.4, -0.2) is 17.6 Å². The van der Waals surface area contributed by atoms with E-state index in [1.54, 1.807) is 12.1 Å². The van der Waals surface area contributed by atoms with Gasteiger partial charge in [0.25, 0.3) is 5.91 Å². The number of aliphatic hydroxyl groups is 1. The van der Waals surface area contributed by atoms with Crippen LogP contribution in [0, 0.1) is 5.82 Å². The average molecular weight is 382 g/mol. The number of halogens is 2. The van der Waals surface area contributed by atoms with E-state index >= 15 is 0 Å². The molecule has 0 aliphatic rings. The van der Waals surface area contributed by atoms with Gasteiger partial charge in [0.2, 0.25) is 0 Å². The monoisotopic (exact) mass is 381 g/mol. The van der Waals surface area contributed by atoms with Crippen molar-refractivity contribution < 1.29 is 14.3 Å². The summed E-state index contributed by atoms with van der Waals surface area (Å²) in [5.74, 6) is -1.36. The lowest BCUT2D eigenvalue weighted by Gasteiger charge is -2.27. The Hall–Kier alpha value is -1.73. The molecule has 0 unspecified atom stereocenters. The normalized spacial score (nSPS) is 13.5. The molecule has 0 fully saturated rings. The van der Waals surface area contributed by atoms with Crippen LogP contribution >= 0.6 is 34.3 Å². The van der Waals surface area contributed by atoms with Crippen molar-refractivity contribution in [1.29, 1.82) is 0 Å². The Labute approximate surface area is 151 Å². The van der Waals surface area contributed by atoms with Gasteiger partial charge >= 0.3 is 0 Å². The van der Waals surface area contributed by atoms with E-state index < -0.39 is 17.3 Å². The predicted octanol–water partition coefficient (Wildman–Crippen LogP) is 4.27. The Morgan fingerprint density at radius 3 is 2.71 bits per heavy atom. The lowest BCUT2D eigenvalue weighted by atomic mass is 9.94. The molecule has 3 nitrogen and oxygen atoms in total. The van der Waals surface area contributed by atoms with Crippen LogP contribution in [0.4, 0.5) is 4.39 Å². The molecular formula is C17H13ClFNO2S2. The molecule has 0 saturated heterocycles. The van der Waals surface area contributed by atoms with Crippen LogP contribution in [0.5, 0.6) is 0 Å². The third kappa shape index (κ3) is 3.23. The van der Waals surface area contributed by atoms with Crippen LogP contribution in [0.25, 0.3) is 0 Å². The first-order valence-electron chi connectivity index (χ1n) is 7.03. The molecule has 24 heavy (non-hydrogen) atoms. The Morgan fingerprint density at radius 2 is 2.08 bits per heavy atom. The van der Waals surface area contributed by atoms with E-state index in [2.05, 4.69) is 5.32 Å². The minimum atomic E-state index is -1.37. The number of rotatable bonds is 5. The molecule has 0 aliphatic heterocycles. The van der Waals surface area contributed by atoms with Gasteiger partial charge in [-0.1, -0.05) is 23.7 Å². The fourth-order valence-corrected chi connectivity index (χ4v) is 4.18. The molecular weight excluding hydrogens is 369 g/mol. The minimum absolute atomic E-state index is 0.0303. The van der Waals surface area contributed by atoms with E-state index in [9.17, 15) is 14.3 Å². The first kappa shape index (κ1) is 17.1. The number of nitrogens with one attached hydrogen (secondary N) is 1. The molecule has 2 heterocycles. The summed E-state index contributed by atoms with van der Waals surface area (Å²) in [4.78, 5) is 13.0. The molecule has 0 bridgehead atoms. The summed E-state index contributed by atoms with van der Waals surface area (Å²) >= 11 is 8.75. The van der Waals surface area contributed by atoms with Gasteiger partial charge < -0.3 is 10.4 Å². The van der Waals surface area contributed by atoms with Crippen molar-refractivity contribution in [2.75, 3.05) is 6.54 Å². The lowest BCUT2D eigenvalue weighted by Crippen LogP contribution is -2.41. The highest BCUT2D eigenvalue weighted by Gasteiger charge is 2.34. The van der Waals surface area contributed by atoms with Gasteiger partial charge in [0.05, 0.1) is 17.1 Å². The SMILES string of the molecule is O=C(NC[C@@](O)(c1ccsc1)c1cccs1)c1c(F)cccc1Cl. The van der Waals surface area contributed by atoms with Crippen molar-refractivity contribution in [2.24, 2.45) is 0 Å². The summed E-state index contributed by atoms with van der Waals surface area (Å²) < 4.78 is 13.9. The first-order chi connectivity index (χ1) is 11.5. The molecule has 7 heteroatoms. The van der Waals surface area contributed by atoms with Crippen LogP contribution < -0.4 is 5.32 Å². The van der Waals surface area contributed by atoms with Gasteiger partial charge in [-0.2, -0.15) is 11.3 Å². The van der Waals surface area contributed by atoms with E-state index in [1.165, 1.54) is 40.9 Å². The van der Waals surface area contributed by atoms with Gasteiger partial charge in [0.1, 0.15) is 11.4 Å². The number of carbonyl (C=O) groups is 1. The fraction of sp³-hybridized carbons (Fsp3) is 0.118. The Kier molecular flexibility index (Phi) is 5.01. The molecule has 1 atom stereocenters. The smallest absolute Gasteiger partial charge is 0.255 e. The van der Waals surface area contributed by atoms with Gasteiger partial charge in [0.15, 0.2) is 0 Å². The Bertz CT molecular complexity index is 780. The number of benzene rings is 1. The van der Waals surface area contributed by atoms with Crippen molar-refractivity contribution in [2.45, 2.75) is 5.60 Å². The molecule has 0 spiro atoms. The zero-order chi connectivity index (χ0) is 17.2. The summed E-state index contributed by atoms with van der Waals surface area (Å²) in [6, 6.07) is 9.47. The van der Waals surface area contributed by atoms with Crippen LogP contribution in [0.3, 0.4) is 0 Å². The molecule has 1 amide bonds. The van der Waals surface area contributed by atoms with E-state index in [0.29, 0.717) is 10.4 Å². The summed E-state index contributed by atoms with van der Waals surface area (Å²) in [6.45, 7) is -0.0895. The zero-order valence-electron chi connectivity index (χ0n) is 12.3. The van der Waals surface area contributed by atoms with Gasteiger partial charge in [-0.25, -0.2) is 4.39 Å². The highest BCUT2D eigenvalue weighted by atomic mass is 35.5. The maximum absolute atomic E-state index is 13.9. The molecule has 2 N–H and O–H groups in total. The summed E-state index contributed by atoms with van der Waals surface area (Å²) in [5.41, 5.74) is -0.922. The molecule has 0 radical (unpaired) electrons. The van der Waals surface area contributed by atoms with Crippen molar-refractivity contribution in [3.63, 3.8) is 0 Å². The molecule has 2 aromatic heterocycles. The van der Waals surface area contributed by atoms with Crippen LogP contribution in [0.1, 0.15) is 20.8 Å². The second-order valence-corrected chi connectivity index (χ2v) is 7.26. The highest BCUT2D eigenvalue weighted by molar-refractivity contribution is 7.10. The van der Waals surface area contributed by atoms with Crippen molar-refractivity contribution >= 4 is 40.2 Å². The molecule has 1 aromatic carbocycles. The van der Waals surface area contributed by atoms with Crippen molar-refractivity contribution in [3.05, 3.63) is 79.4 Å². The van der Waals surface area contributed by atoms with Crippen LogP contribution in [0.15, 0.2) is 52.5 Å². The zero-order valence-corrected chi connectivity index (χ0v) is 14.7. The number of hydrogen-bond donors (Lipinski definition) is 2. The predicted molar refractivity (Wildman–Crippen MR) is 95.4 cm³/mol. The Morgan fingerprint density at radius 1 is 1.25 bits per heavy atom. The average Bonchev–Trinajstić information content (AvgIpc) is 3.25. The number of amides is 1. The second-order valence-electron chi connectivity index (χ2n) is 5.13. The molecule has 0 saturated carbocycles. The maximum Gasteiger partial charge on any atom is 0.255 e. The molecule has 3 rings (SSSR count). The summed E-state index contributed by atoms with van der Waals surface area (Å²) in [5, 5.41) is 19.3. The number of hydrogen-bond acceptors (Lipinski definition) is 4.